The van der Waals surface area contributed by atoms with E-state index in [1.165, 1.54) is 12.1 Å². The van der Waals surface area contributed by atoms with Crippen molar-refractivity contribution in [1.29, 1.82) is 0 Å². The molecule has 0 heterocycles. The van der Waals surface area contributed by atoms with Crippen LogP contribution in [0.25, 0.3) is 0 Å². The Labute approximate surface area is 194 Å². The molecule has 0 aliphatic heterocycles. The average Bonchev–Trinajstić information content (AvgIpc) is 3.27. The van der Waals surface area contributed by atoms with Crippen LogP contribution in [0.15, 0.2) is 35.2 Å². The van der Waals surface area contributed by atoms with Crippen molar-refractivity contribution in [3.63, 3.8) is 0 Å². The predicted molar refractivity (Wildman–Crippen MR) is 121 cm³/mol. The highest BCUT2D eigenvalue weighted by molar-refractivity contribution is 7.89. The van der Waals surface area contributed by atoms with Gasteiger partial charge in [-0.25, -0.2) is 22.7 Å². The van der Waals surface area contributed by atoms with E-state index in [0.717, 1.165) is 32.8 Å². The Morgan fingerprint density at radius 3 is 2.21 bits per heavy atom. The first-order valence-corrected chi connectivity index (χ1v) is 12.3. The smallest absolute Gasteiger partial charge is 0.408 e. The molecule has 2 rings (SSSR count). The lowest BCUT2D eigenvalue weighted by atomic mass is 9.86. The lowest BCUT2D eigenvalue weighted by Gasteiger charge is -2.31. The fourth-order valence-electron chi connectivity index (χ4n) is 3.45. The second-order valence-corrected chi connectivity index (χ2v) is 10.8. The van der Waals surface area contributed by atoms with Crippen LogP contribution in [0.1, 0.15) is 46.5 Å². The summed E-state index contributed by atoms with van der Waals surface area (Å²) < 4.78 is 37.4. The molecule has 2 atom stereocenters. The summed E-state index contributed by atoms with van der Waals surface area (Å²) in [7, 11) is -2.78. The average molecular weight is 484 g/mol. The first-order valence-electron chi connectivity index (χ1n) is 10.8. The van der Waals surface area contributed by atoms with Crippen LogP contribution in [0.3, 0.4) is 0 Å². The zero-order valence-electron chi connectivity index (χ0n) is 19.4. The fourth-order valence-corrected chi connectivity index (χ4v) is 4.52. The van der Waals surface area contributed by atoms with Crippen LogP contribution in [-0.4, -0.2) is 58.2 Å². The lowest BCUT2D eigenvalue weighted by Crippen LogP contribution is -2.58. The van der Waals surface area contributed by atoms with Gasteiger partial charge in [0.05, 0.1) is 12.0 Å². The summed E-state index contributed by atoms with van der Waals surface area (Å²) in [5.41, 5.74) is -0.719. The van der Waals surface area contributed by atoms with Gasteiger partial charge in [-0.05, 0) is 43.2 Å². The van der Waals surface area contributed by atoms with Crippen LogP contribution < -0.4 is 15.4 Å². The van der Waals surface area contributed by atoms with Crippen molar-refractivity contribution >= 4 is 28.0 Å². The number of carbonyl (C=O) groups is 3. The van der Waals surface area contributed by atoms with Crippen molar-refractivity contribution in [2.75, 3.05) is 13.7 Å². The third-order valence-electron chi connectivity index (χ3n) is 5.30. The number of hydrogen-bond acceptors (Lipinski definition) is 7. The maximum Gasteiger partial charge on any atom is 0.408 e. The topological polar surface area (TPSA) is 140 Å². The van der Waals surface area contributed by atoms with Crippen LogP contribution in [0, 0.1) is 5.41 Å². The van der Waals surface area contributed by atoms with E-state index in [1.807, 2.05) is 0 Å². The summed E-state index contributed by atoms with van der Waals surface area (Å²) in [5, 5.41) is 5.07. The zero-order valence-corrected chi connectivity index (χ0v) is 20.2. The van der Waals surface area contributed by atoms with Crippen LogP contribution in [-0.2, 0) is 29.1 Å². The van der Waals surface area contributed by atoms with Gasteiger partial charge < -0.3 is 20.1 Å². The number of esters is 1. The number of nitrogens with one attached hydrogen (secondary N) is 3. The Bertz CT molecular complexity index is 923. The Morgan fingerprint density at radius 1 is 1.06 bits per heavy atom. The molecule has 10 nitrogen and oxygen atoms in total. The normalized spacial score (nSPS) is 16.5. The standard InChI is InChI=1S/C22H33N3O7S/c1-22(2,3)18(25-21(28)32-15-10-8-9-11-15)19(26)24-17(20(27)31-4)14-23-33(29,30)16-12-6-5-7-13-16/h5-7,12-13,15,17-18,23H,8-11,14H2,1-4H3,(H,24,26)(H,25,28)/t17-,18+/m0/s1. The van der Waals surface area contributed by atoms with Gasteiger partial charge in [0, 0.05) is 6.54 Å². The number of benzene rings is 1. The number of methoxy groups -OCH3 is 1. The molecule has 0 spiro atoms. The van der Waals surface area contributed by atoms with E-state index in [-0.39, 0.29) is 11.0 Å². The number of sulfonamides is 1. The summed E-state index contributed by atoms with van der Waals surface area (Å²) >= 11 is 0. The number of amides is 2. The van der Waals surface area contributed by atoms with E-state index in [9.17, 15) is 22.8 Å². The molecule has 1 aromatic rings. The fraction of sp³-hybridized carbons (Fsp3) is 0.591. The molecule has 1 aliphatic rings. The molecule has 0 bridgehead atoms. The molecule has 0 saturated heterocycles. The minimum Gasteiger partial charge on any atom is -0.467 e. The highest BCUT2D eigenvalue weighted by Crippen LogP contribution is 2.23. The molecule has 1 aromatic carbocycles. The molecule has 2 amide bonds. The molecule has 3 N–H and O–H groups in total. The minimum absolute atomic E-state index is 0.0174. The van der Waals surface area contributed by atoms with Crippen molar-refractivity contribution < 1.29 is 32.3 Å². The van der Waals surface area contributed by atoms with Gasteiger partial charge in [-0.1, -0.05) is 39.0 Å². The second-order valence-electron chi connectivity index (χ2n) is 9.00. The van der Waals surface area contributed by atoms with Crippen LogP contribution >= 0.6 is 0 Å². The molecule has 0 aromatic heterocycles. The Balaban J connectivity index is 2.08. The minimum atomic E-state index is -3.91. The van der Waals surface area contributed by atoms with Gasteiger partial charge in [0.2, 0.25) is 15.9 Å². The molecule has 0 unspecified atom stereocenters. The van der Waals surface area contributed by atoms with Crippen LogP contribution in [0.2, 0.25) is 0 Å². The van der Waals surface area contributed by atoms with Gasteiger partial charge >= 0.3 is 12.1 Å². The number of carbonyl (C=O) groups excluding carboxylic acids is 3. The monoisotopic (exact) mass is 483 g/mol. The van der Waals surface area contributed by atoms with E-state index in [4.69, 9.17) is 9.47 Å². The SMILES string of the molecule is COC(=O)[C@H](CNS(=O)(=O)c1ccccc1)NC(=O)[C@@H](NC(=O)OC1CCCC1)C(C)(C)C. The summed E-state index contributed by atoms with van der Waals surface area (Å²) in [5.74, 6) is -1.50. The van der Waals surface area contributed by atoms with Crippen LogP contribution in [0.5, 0.6) is 0 Å². The molecular formula is C22H33N3O7S. The molecule has 1 fully saturated rings. The Kier molecular flexibility index (Phi) is 9.24. The van der Waals surface area contributed by atoms with E-state index < -0.39 is 52.0 Å². The molecular weight excluding hydrogens is 450 g/mol. The third kappa shape index (κ3) is 8.01. The van der Waals surface area contributed by atoms with Crippen molar-refractivity contribution in [1.82, 2.24) is 15.4 Å². The largest absolute Gasteiger partial charge is 0.467 e. The van der Waals surface area contributed by atoms with Crippen molar-refractivity contribution in [3.8, 4) is 0 Å². The maximum absolute atomic E-state index is 13.0. The van der Waals surface area contributed by atoms with Gasteiger partial charge in [-0.3, -0.25) is 4.79 Å². The zero-order chi connectivity index (χ0) is 24.6. The second kappa shape index (κ2) is 11.5. The molecule has 184 valence electrons. The molecule has 33 heavy (non-hydrogen) atoms. The van der Waals surface area contributed by atoms with E-state index in [2.05, 4.69) is 15.4 Å². The maximum atomic E-state index is 13.0. The highest BCUT2D eigenvalue weighted by Gasteiger charge is 2.36. The highest BCUT2D eigenvalue weighted by atomic mass is 32.2. The van der Waals surface area contributed by atoms with Gasteiger partial charge in [0.25, 0.3) is 0 Å². The molecule has 0 radical (unpaired) electrons. The quantitative estimate of drug-likeness (QED) is 0.454. The Morgan fingerprint density at radius 2 is 1.67 bits per heavy atom. The molecule has 1 aliphatic carbocycles. The van der Waals surface area contributed by atoms with Crippen molar-refractivity contribution in [2.45, 2.75) is 69.5 Å². The van der Waals surface area contributed by atoms with Gasteiger partial charge in [-0.15, -0.1) is 0 Å². The van der Waals surface area contributed by atoms with Gasteiger partial charge in [0.15, 0.2) is 0 Å². The summed E-state index contributed by atoms with van der Waals surface area (Å²) in [4.78, 5) is 37.6. The summed E-state index contributed by atoms with van der Waals surface area (Å²) in [6.07, 6.45) is 2.65. The van der Waals surface area contributed by atoms with E-state index in [1.54, 1.807) is 39.0 Å². The summed E-state index contributed by atoms with van der Waals surface area (Å²) in [6.45, 7) is 4.81. The van der Waals surface area contributed by atoms with E-state index >= 15 is 0 Å². The van der Waals surface area contributed by atoms with Crippen LogP contribution in [0.4, 0.5) is 4.79 Å². The van der Waals surface area contributed by atoms with Crippen molar-refractivity contribution in [3.05, 3.63) is 30.3 Å². The number of hydrogen-bond donors (Lipinski definition) is 3. The number of ether oxygens (including phenoxy) is 2. The third-order valence-corrected chi connectivity index (χ3v) is 6.74. The lowest BCUT2D eigenvalue weighted by molar-refractivity contribution is -0.145. The summed E-state index contributed by atoms with van der Waals surface area (Å²) in [6, 6.07) is 5.28. The van der Waals surface area contributed by atoms with E-state index in [0.29, 0.717) is 0 Å². The number of alkyl carbamates (subject to hydrolysis) is 1. The predicted octanol–water partition coefficient (Wildman–Crippen LogP) is 1.71. The molecule has 1 saturated carbocycles. The molecule has 11 heteroatoms. The van der Waals surface area contributed by atoms with Crippen molar-refractivity contribution in [2.24, 2.45) is 5.41 Å². The first kappa shape index (κ1) is 26.6. The first-order chi connectivity index (χ1) is 15.4. The van der Waals surface area contributed by atoms with Gasteiger partial charge in [0.1, 0.15) is 18.2 Å². The number of rotatable bonds is 9. The Hall–Kier alpha value is -2.66. The van der Waals surface area contributed by atoms with Gasteiger partial charge in [-0.2, -0.15) is 0 Å².